The first-order valence-corrected chi connectivity index (χ1v) is 6.54. The van der Waals surface area contributed by atoms with Crippen LogP contribution in [0.1, 0.15) is 24.4 Å². The lowest BCUT2D eigenvalue weighted by Crippen LogP contribution is -2.43. The fourth-order valence-corrected chi connectivity index (χ4v) is 2.74. The Labute approximate surface area is 116 Å². The highest BCUT2D eigenvalue weighted by atomic mass is 16.2. The number of anilines is 1. The first kappa shape index (κ1) is 12.7. The van der Waals surface area contributed by atoms with E-state index in [9.17, 15) is 9.59 Å². The fourth-order valence-electron chi connectivity index (χ4n) is 2.74. The minimum Gasteiger partial charge on any atom is -0.369 e. The second-order valence-electron chi connectivity index (χ2n) is 5.13. The molecule has 1 aromatic carbocycles. The molecule has 1 atom stereocenters. The molecule has 2 N–H and O–H groups in total. The Morgan fingerprint density at radius 1 is 1.35 bits per heavy atom. The number of likely N-dealkylation sites (tertiary alicyclic amines) is 1. The molecule has 1 fully saturated rings. The number of likely N-dealkylation sites (N-methyl/N-ethyl adjacent to an activating group) is 1. The number of rotatable bonds is 1. The smallest absolute Gasteiger partial charge is 0.252 e. The number of hydrogen-bond acceptors (Lipinski definition) is 4. The van der Waals surface area contributed by atoms with Gasteiger partial charge in [0.05, 0.1) is 11.0 Å². The molecule has 1 aromatic heterocycles. The predicted octanol–water partition coefficient (Wildman–Crippen LogP) is 1.25. The normalized spacial score (nSPS) is 19.9. The summed E-state index contributed by atoms with van der Waals surface area (Å²) in [6, 6.07) is 5.31. The second-order valence-corrected chi connectivity index (χ2v) is 5.13. The number of amides is 2. The van der Waals surface area contributed by atoms with Crippen LogP contribution in [-0.4, -0.2) is 33.3 Å². The lowest BCUT2D eigenvalue weighted by atomic mass is 10.0. The van der Waals surface area contributed by atoms with E-state index in [-0.39, 0.29) is 11.8 Å². The molecule has 2 aromatic rings. The van der Waals surface area contributed by atoms with Gasteiger partial charge < -0.3 is 5.73 Å². The molecular formula is C14H16N4O2. The van der Waals surface area contributed by atoms with Gasteiger partial charge >= 0.3 is 0 Å². The molecule has 6 heteroatoms. The first-order valence-electron chi connectivity index (χ1n) is 6.54. The Morgan fingerprint density at radius 2 is 2.10 bits per heavy atom. The van der Waals surface area contributed by atoms with Crippen LogP contribution >= 0.6 is 0 Å². The molecular weight excluding hydrogens is 256 g/mol. The summed E-state index contributed by atoms with van der Waals surface area (Å²) in [5, 5.41) is 0. The van der Waals surface area contributed by atoms with E-state index in [0.29, 0.717) is 18.8 Å². The Balaban J connectivity index is 2.15. The van der Waals surface area contributed by atoms with Crippen LogP contribution in [0.5, 0.6) is 0 Å². The third-order valence-electron chi connectivity index (χ3n) is 3.88. The molecule has 1 aliphatic heterocycles. The van der Waals surface area contributed by atoms with Crippen LogP contribution in [0.2, 0.25) is 0 Å². The number of nitrogen functional groups attached to an aromatic ring is 1. The van der Waals surface area contributed by atoms with E-state index in [1.54, 1.807) is 4.57 Å². The average Bonchev–Trinajstić information content (AvgIpc) is 2.75. The van der Waals surface area contributed by atoms with Gasteiger partial charge in [-0.2, -0.15) is 0 Å². The molecule has 0 saturated carbocycles. The van der Waals surface area contributed by atoms with E-state index in [0.717, 1.165) is 16.6 Å². The standard InChI is InChI=1S/C14H16N4O2/c1-8-4-3-5-9-12(8)16-14(15)18(9)10-6-7-11(19)17(2)13(10)20/h3-5,10H,6-7H2,1-2H3,(H2,15,16). The van der Waals surface area contributed by atoms with E-state index >= 15 is 0 Å². The highest BCUT2D eigenvalue weighted by Gasteiger charge is 2.34. The summed E-state index contributed by atoms with van der Waals surface area (Å²) in [4.78, 5) is 29.4. The maximum Gasteiger partial charge on any atom is 0.252 e. The van der Waals surface area contributed by atoms with E-state index in [2.05, 4.69) is 4.98 Å². The molecule has 1 unspecified atom stereocenters. The Morgan fingerprint density at radius 3 is 2.85 bits per heavy atom. The van der Waals surface area contributed by atoms with Crippen LogP contribution in [0.15, 0.2) is 18.2 Å². The summed E-state index contributed by atoms with van der Waals surface area (Å²) in [5.74, 6) is -0.0606. The van der Waals surface area contributed by atoms with Crippen LogP contribution in [0, 0.1) is 6.92 Å². The number of aromatic nitrogens is 2. The van der Waals surface area contributed by atoms with Crippen molar-refractivity contribution in [1.29, 1.82) is 0 Å². The topological polar surface area (TPSA) is 81.2 Å². The van der Waals surface area contributed by atoms with Crippen molar-refractivity contribution in [2.24, 2.45) is 0 Å². The van der Waals surface area contributed by atoms with Crippen molar-refractivity contribution in [1.82, 2.24) is 14.5 Å². The Hall–Kier alpha value is -2.37. The van der Waals surface area contributed by atoms with Crippen LogP contribution in [0.3, 0.4) is 0 Å². The minimum absolute atomic E-state index is 0.148. The van der Waals surface area contributed by atoms with Crippen LogP contribution in [0.4, 0.5) is 5.95 Å². The fraction of sp³-hybridized carbons (Fsp3) is 0.357. The number of para-hydroxylation sites is 1. The van der Waals surface area contributed by atoms with Gasteiger partial charge in [0.1, 0.15) is 6.04 Å². The minimum atomic E-state index is -0.454. The summed E-state index contributed by atoms with van der Waals surface area (Å²) in [5.41, 5.74) is 8.65. The third kappa shape index (κ3) is 1.68. The number of nitrogens with zero attached hydrogens (tertiary/aromatic N) is 3. The summed E-state index contributed by atoms with van der Waals surface area (Å²) in [7, 11) is 1.51. The predicted molar refractivity (Wildman–Crippen MR) is 74.9 cm³/mol. The molecule has 1 saturated heterocycles. The molecule has 2 heterocycles. The zero-order valence-electron chi connectivity index (χ0n) is 11.5. The average molecular weight is 272 g/mol. The number of hydrogen-bond donors (Lipinski definition) is 1. The summed E-state index contributed by atoms with van der Waals surface area (Å²) < 4.78 is 1.74. The van der Waals surface area contributed by atoms with Crippen molar-refractivity contribution in [2.45, 2.75) is 25.8 Å². The van der Waals surface area contributed by atoms with Gasteiger partial charge in [0.2, 0.25) is 11.9 Å². The monoisotopic (exact) mass is 272 g/mol. The van der Waals surface area contributed by atoms with Gasteiger partial charge in [-0.3, -0.25) is 19.1 Å². The zero-order valence-corrected chi connectivity index (χ0v) is 11.5. The highest BCUT2D eigenvalue weighted by molar-refractivity contribution is 6.00. The van der Waals surface area contributed by atoms with Crippen molar-refractivity contribution in [3.63, 3.8) is 0 Å². The number of benzene rings is 1. The number of imide groups is 1. The molecule has 1 aliphatic rings. The van der Waals surface area contributed by atoms with Gasteiger partial charge in [-0.1, -0.05) is 12.1 Å². The molecule has 20 heavy (non-hydrogen) atoms. The van der Waals surface area contributed by atoms with Crippen LogP contribution in [0.25, 0.3) is 11.0 Å². The number of aryl methyl sites for hydroxylation is 1. The lowest BCUT2D eigenvalue weighted by molar-refractivity contribution is -0.149. The van der Waals surface area contributed by atoms with Crippen molar-refractivity contribution < 1.29 is 9.59 Å². The van der Waals surface area contributed by atoms with Crippen LogP contribution < -0.4 is 5.73 Å². The number of fused-ring (bicyclic) bond motifs is 1. The lowest BCUT2D eigenvalue weighted by Gasteiger charge is -2.29. The Bertz CT molecular complexity index is 719. The molecule has 6 nitrogen and oxygen atoms in total. The maximum absolute atomic E-state index is 12.3. The number of carbonyl (C=O) groups is 2. The molecule has 104 valence electrons. The van der Waals surface area contributed by atoms with E-state index in [1.165, 1.54) is 11.9 Å². The third-order valence-corrected chi connectivity index (χ3v) is 3.88. The van der Waals surface area contributed by atoms with E-state index in [4.69, 9.17) is 5.73 Å². The quantitative estimate of drug-likeness (QED) is 0.792. The highest BCUT2D eigenvalue weighted by Crippen LogP contribution is 2.30. The SMILES string of the molecule is Cc1cccc2c1nc(N)n2C1CCC(=O)N(C)C1=O. The largest absolute Gasteiger partial charge is 0.369 e. The van der Waals surface area contributed by atoms with Gasteiger partial charge in [0, 0.05) is 13.5 Å². The van der Waals surface area contributed by atoms with Crippen molar-refractivity contribution in [3.8, 4) is 0 Å². The zero-order chi connectivity index (χ0) is 14.4. The Kier molecular flexibility index (Phi) is 2.74. The van der Waals surface area contributed by atoms with Crippen LogP contribution in [-0.2, 0) is 9.59 Å². The maximum atomic E-state index is 12.3. The van der Waals surface area contributed by atoms with Gasteiger partial charge in [-0.15, -0.1) is 0 Å². The molecule has 0 radical (unpaired) electrons. The molecule has 3 rings (SSSR count). The molecule has 0 aliphatic carbocycles. The summed E-state index contributed by atoms with van der Waals surface area (Å²) >= 11 is 0. The summed E-state index contributed by atoms with van der Waals surface area (Å²) in [6.07, 6.45) is 0.809. The first-order chi connectivity index (χ1) is 9.50. The van der Waals surface area contributed by atoms with Gasteiger partial charge in [-0.25, -0.2) is 4.98 Å². The molecule has 0 bridgehead atoms. The number of nitrogens with two attached hydrogens (primary N) is 1. The van der Waals surface area contributed by atoms with Crippen molar-refractivity contribution in [2.75, 3.05) is 12.8 Å². The number of imidazole rings is 1. The van der Waals surface area contributed by atoms with Gasteiger partial charge in [0.25, 0.3) is 5.91 Å². The van der Waals surface area contributed by atoms with Gasteiger partial charge in [-0.05, 0) is 25.0 Å². The van der Waals surface area contributed by atoms with Crippen molar-refractivity contribution in [3.05, 3.63) is 23.8 Å². The number of carbonyl (C=O) groups excluding carboxylic acids is 2. The number of piperidine rings is 1. The molecule has 0 spiro atoms. The molecule has 2 amide bonds. The summed E-state index contributed by atoms with van der Waals surface area (Å²) in [6.45, 7) is 1.96. The van der Waals surface area contributed by atoms with E-state index in [1.807, 2.05) is 25.1 Å². The van der Waals surface area contributed by atoms with E-state index < -0.39 is 6.04 Å². The second kappa shape index (κ2) is 4.33. The van der Waals surface area contributed by atoms with Gasteiger partial charge in [0.15, 0.2) is 0 Å². The van der Waals surface area contributed by atoms with Crippen molar-refractivity contribution >= 4 is 28.8 Å².